The van der Waals surface area contributed by atoms with Gasteiger partial charge >= 0.3 is 0 Å². The first kappa shape index (κ1) is 22.2. The van der Waals surface area contributed by atoms with Crippen LogP contribution < -0.4 is 10.2 Å². The Morgan fingerprint density at radius 3 is 2.57 bits per heavy atom. The highest BCUT2D eigenvalue weighted by atomic mass is 16.1. The number of amides is 1. The Morgan fingerprint density at radius 1 is 1.13 bits per heavy atom. The van der Waals surface area contributed by atoms with Crippen molar-refractivity contribution in [2.24, 2.45) is 5.92 Å². The molecule has 1 fully saturated rings. The van der Waals surface area contributed by atoms with E-state index in [1.807, 2.05) is 12.1 Å². The van der Waals surface area contributed by atoms with E-state index in [1.165, 1.54) is 5.56 Å². The third-order valence-corrected chi connectivity index (χ3v) is 5.96. The smallest absolute Gasteiger partial charge is 0.224 e. The molecule has 0 radical (unpaired) electrons. The maximum atomic E-state index is 12.6. The minimum atomic E-state index is 0.0192. The lowest BCUT2D eigenvalue weighted by molar-refractivity contribution is -0.125. The molecule has 3 rings (SSSR count). The van der Waals surface area contributed by atoms with Crippen molar-refractivity contribution >= 4 is 11.7 Å². The van der Waals surface area contributed by atoms with Gasteiger partial charge in [0.15, 0.2) is 5.82 Å². The average Bonchev–Trinajstić information content (AvgIpc) is 2.80. The fraction of sp³-hybridized carbons (Fsp3) is 0.542. The van der Waals surface area contributed by atoms with Crippen LogP contribution in [0.25, 0.3) is 11.3 Å². The summed E-state index contributed by atoms with van der Waals surface area (Å²) in [5.41, 5.74) is 3.17. The van der Waals surface area contributed by atoms with Crippen molar-refractivity contribution in [3.05, 3.63) is 42.0 Å². The Morgan fingerprint density at radius 2 is 1.90 bits per heavy atom. The molecule has 2 heterocycles. The Balaban J connectivity index is 1.51. The third-order valence-electron chi connectivity index (χ3n) is 5.96. The van der Waals surface area contributed by atoms with E-state index in [2.05, 4.69) is 70.4 Å². The molecule has 162 valence electrons. The van der Waals surface area contributed by atoms with Crippen LogP contribution in [0.4, 0.5) is 5.82 Å². The molecule has 2 aromatic rings. The summed E-state index contributed by atoms with van der Waals surface area (Å²) in [6.07, 6.45) is 2.93. The number of aryl methyl sites for hydroxylation is 1. The summed E-state index contributed by atoms with van der Waals surface area (Å²) in [7, 11) is 0. The van der Waals surface area contributed by atoms with Gasteiger partial charge in [0.2, 0.25) is 5.91 Å². The first-order valence-corrected chi connectivity index (χ1v) is 11.3. The van der Waals surface area contributed by atoms with Crippen LogP contribution in [0.2, 0.25) is 0 Å². The number of rotatable bonds is 9. The number of hydrogen-bond acceptors (Lipinski definition) is 5. The predicted octanol–water partition coefficient (Wildman–Crippen LogP) is 3.52. The second-order valence-electron chi connectivity index (χ2n) is 8.10. The van der Waals surface area contributed by atoms with Crippen LogP contribution in [-0.2, 0) is 4.79 Å². The summed E-state index contributed by atoms with van der Waals surface area (Å²) in [6, 6.07) is 12.3. The maximum Gasteiger partial charge on any atom is 0.224 e. The lowest BCUT2D eigenvalue weighted by Crippen LogP contribution is -2.44. The summed E-state index contributed by atoms with van der Waals surface area (Å²) in [4.78, 5) is 17.2. The summed E-state index contributed by atoms with van der Waals surface area (Å²) < 4.78 is 0. The number of carbonyl (C=O) groups is 1. The molecule has 30 heavy (non-hydrogen) atoms. The van der Waals surface area contributed by atoms with Crippen LogP contribution in [0.1, 0.15) is 38.7 Å². The van der Waals surface area contributed by atoms with Crippen molar-refractivity contribution in [2.45, 2.75) is 40.0 Å². The number of carbonyl (C=O) groups excluding carboxylic acids is 1. The molecule has 1 amide bonds. The number of piperidine rings is 1. The quantitative estimate of drug-likeness (QED) is 0.642. The summed E-state index contributed by atoms with van der Waals surface area (Å²) >= 11 is 0. The molecule has 6 nitrogen and oxygen atoms in total. The summed E-state index contributed by atoms with van der Waals surface area (Å²) in [5.74, 6) is 1.04. The molecule has 1 aromatic carbocycles. The van der Waals surface area contributed by atoms with Crippen LogP contribution in [0.5, 0.6) is 0 Å². The standard InChI is InChI=1S/C24H35N5O/c1-4-28(5-2)16-7-15-25-24(30)21-8-6-17-29(18-21)23-14-13-22(26-27-23)20-11-9-19(3)10-12-20/h9-14,21H,4-8,15-18H2,1-3H3,(H,25,30)/t21-/m0/s1. The van der Waals surface area contributed by atoms with Crippen LogP contribution >= 0.6 is 0 Å². The van der Waals surface area contributed by atoms with Gasteiger partial charge in [-0.1, -0.05) is 43.7 Å². The van der Waals surface area contributed by atoms with Crippen molar-refractivity contribution < 1.29 is 4.79 Å². The molecule has 1 aromatic heterocycles. The number of anilines is 1. The molecule has 1 saturated heterocycles. The van der Waals surface area contributed by atoms with Gasteiger partial charge in [0.25, 0.3) is 0 Å². The Hall–Kier alpha value is -2.47. The van der Waals surface area contributed by atoms with E-state index in [9.17, 15) is 4.79 Å². The zero-order valence-electron chi connectivity index (χ0n) is 18.6. The van der Waals surface area contributed by atoms with Gasteiger partial charge in [-0.05, 0) is 58.0 Å². The van der Waals surface area contributed by atoms with Gasteiger partial charge in [-0.15, -0.1) is 10.2 Å². The van der Waals surface area contributed by atoms with Crippen molar-refractivity contribution in [1.29, 1.82) is 0 Å². The van der Waals surface area contributed by atoms with Gasteiger partial charge in [0, 0.05) is 25.2 Å². The molecule has 0 bridgehead atoms. The van der Waals surface area contributed by atoms with Gasteiger partial charge in [-0.3, -0.25) is 4.79 Å². The Kier molecular flexibility index (Phi) is 8.20. The lowest BCUT2D eigenvalue weighted by Gasteiger charge is -2.32. The van der Waals surface area contributed by atoms with Gasteiger partial charge in [0.05, 0.1) is 11.6 Å². The molecular weight excluding hydrogens is 374 g/mol. The predicted molar refractivity (Wildman–Crippen MR) is 123 cm³/mol. The van der Waals surface area contributed by atoms with Crippen molar-refractivity contribution in [3.63, 3.8) is 0 Å². The molecule has 0 unspecified atom stereocenters. The SMILES string of the molecule is CCN(CC)CCCNC(=O)[C@H]1CCCN(c2ccc(-c3ccc(C)cc3)nn2)C1. The largest absolute Gasteiger partial charge is 0.356 e. The minimum Gasteiger partial charge on any atom is -0.356 e. The van der Waals surface area contributed by atoms with Crippen molar-refractivity contribution in [1.82, 2.24) is 20.4 Å². The minimum absolute atomic E-state index is 0.0192. The van der Waals surface area contributed by atoms with E-state index in [0.29, 0.717) is 6.54 Å². The second kappa shape index (κ2) is 11.1. The van der Waals surface area contributed by atoms with E-state index < -0.39 is 0 Å². The molecule has 6 heteroatoms. The second-order valence-corrected chi connectivity index (χ2v) is 8.10. The molecule has 0 spiro atoms. The average molecular weight is 410 g/mol. The molecular formula is C24H35N5O. The lowest BCUT2D eigenvalue weighted by atomic mass is 9.97. The number of hydrogen-bond donors (Lipinski definition) is 1. The first-order valence-electron chi connectivity index (χ1n) is 11.3. The van der Waals surface area contributed by atoms with Gasteiger partial charge in [-0.25, -0.2) is 0 Å². The van der Waals surface area contributed by atoms with E-state index in [-0.39, 0.29) is 11.8 Å². The molecule has 1 aliphatic rings. The molecule has 1 N–H and O–H groups in total. The number of nitrogens with one attached hydrogen (secondary N) is 1. The summed E-state index contributed by atoms with van der Waals surface area (Å²) in [5, 5.41) is 12.0. The van der Waals surface area contributed by atoms with E-state index in [0.717, 1.165) is 69.1 Å². The van der Waals surface area contributed by atoms with Crippen LogP contribution in [-0.4, -0.2) is 60.3 Å². The number of nitrogens with zero attached hydrogens (tertiary/aromatic N) is 4. The highest BCUT2D eigenvalue weighted by molar-refractivity contribution is 5.79. The third kappa shape index (κ3) is 6.02. The van der Waals surface area contributed by atoms with Gasteiger partial charge in [0.1, 0.15) is 0 Å². The van der Waals surface area contributed by atoms with E-state index in [1.54, 1.807) is 0 Å². The number of benzene rings is 1. The molecule has 1 atom stereocenters. The maximum absolute atomic E-state index is 12.6. The van der Waals surface area contributed by atoms with Crippen LogP contribution in [0.3, 0.4) is 0 Å². The Bertz CT molecular complexity index is 786. The van der Waals surface area contributed by atoms with Crippen LogP contribution in [0.15, 0.2) is 36.4 Å². The van der Waals surface area contributed by atoms with Crippen molar-refractivity contribution in [2.75, 3.05) is 44.2 Å². The highest BCUT2D eigenvalue weighted by Crippen LogP contribution is 2.23. The van der Waals surface area contributed by atoms with E-state index >= 15 is 0 Å². The van der Waals surface area contributed by atoms with E-state index in [4.69, 9.17) is 0 Å². The Labute approximate surface area is 180 Å². The first-order chi connectivity index (χ1) is 14.6. The monoisotopic (exact) mass is 409 g/mol. The fourth-order valence-corrected chi connectivity index (χ4v) is 3.97. The normalized spacial score (nSPS) is 16.7. The molecule has 0 saturated carbocycles. The zero-order valence-corrected chi connectivity index (χ0v) is 18.6. The molecule has 1 aliphatic heterocycles. The summed E-state index contributed by atoms with van der Waals surface area (Å²) in [6.45, 7) is 12.0. The zero-order chi connectivity index (χ0) is 21.3. The number of aromatic nitrogens is 2. The van der Waals surface area contributed by atoms with Gasteiger partial charge in [-0.2, -0.15) is 0 Å². The fourth-order valence-electron chi connectivity index (χ4n) is 3.97. The van der Waals surface area contributed by atoms with Gasteiger partial charge < -0.3 is 15.1 Å². The topological polar surface area (TPSA) is 61.4 Å². The highest BCUT2D eigenvalue weighted by Gasteiger charge is 2.26. The molecule has 0 aliphatic carbocycles. The van der Waals surface area contributed by atoms with Crippen molar-refractivity contribution in [3.8, 4) is 11.3 Å². The van der Waals surface area contributed by atoms with Crippen LogP contribution in [0, 0.1) is 12.8 Å².